The summed E-state index contributed by atoms with van der Waals surface area (Å²) in [6, 6.07) is 9.09. The number of carbonyl (C=O) groups is 1. The van der Waals surface area contributed by atoms with E-state index in [1.54, 1.807) is 12.3 Å². The predicted molar refractivity (Wildman–Crippen MR) is 94.1 cm³/mol. The second-order valence-corrected chi connectivity index (χ2v) is 8.20. The summed E-state index contributed by atoms with van der Waals surface area (Å²) in [7, 11) is -2.95. The Bertz CT molecular complexity index is 865. The summed E-state index contributed by atoms with van der Waals surface area (Å²) in [5, 5.41) is 6.00. The second-order valence-electron chi connectivity index (χ2n) is 5.98. The van der Waals surface area contributed by atoms with Gasteiger partial charge in [-0.25, -0.2) is 8.42 Å². The molecule has 0 saturated carbocycles. The third-order valence-electron chi connectivity index (χ3n) is 4.00. The SMILES string of the molecule is Cc1ccccc1NC(=O)c1cncc(NC2CCS(=O)(=O)C2)c1. The Morgan fingerprint density at radius 1 is 1.25 bits per heavy atom. The van der Waals surface area contributed by atoms with Gasteiger partial charge in [0, 0.05) is 24.1 Å². The van der Waals surface area contributed by atoms with Gasteiger partial charge in [0.2, 0.25) is 0 Å². The van der Waals surface area contributed by atoms with Crippen molar-refractivity contribution in [2.45, 2.75) is 19.4 Å². The number of rotatable bonds is 4. The van der Waals surface area contributed by atoms with E-state index in [-0.39, 0.29) is 23.5 Å². The first-order chi connectivity index (χ1) is 11.4. The molecular formula is C17H19N3O3S. The van der Waals surface area contributed by atoms with E-state index in [0.29, 0.717) is 17.7 Å². The Balaban J connectivity index is 1.71. The number of para-hydroxylation sites is 1. The van der Waals surface area contributed by atoms with Gasteiger partial charge in [0.05, 0.1) is 22.8 Å². The summed E-state index contributed by atoms with van der Waals surface area (Å²) in [4.78, 5) is 16.5. The molecule has 1 aliphatic heterocycles. The van der Waals surface area contributed by atoms with Crippen LogP contribution in [0.4, 0.5) is 11.4 Å². The van der Waals surface area contributed by atoms with E-state index in [2.05, 4.69) is 15.6 Å². The van der Waals surface area contributed by atoms with Crippen molar-refractivity contribution < 1.29 is 13.2 Å². The van der Waals surface area contributed by atoms with Crippen LogP contribution in [0.15, 0.2) is 42.7 Å². The molecule has 7 heteroatoms. The number of aryl methyl sites for hydroxylation is 1. The fraction of sp³-hybridized carbons (Fsp3) is 0.294. The Kier molecular flexibility index (Phi) is 4.53. The Hall–Kier alpha value is -2.41. The molecule has 1 atom stereocenters. The highest BCUT2D eigenvalue weighted by Gasteiger charge is 2.27. The summed E-state index contributed by atoms with van der Waals surface area (Å²) < 4.78 is 23.0. The molecule has 2 aromatic rings. The number of pyridine rings is 1. The minimum absolute atomic E-state index is 0.118. The average molecular weight is 345 g/mol. The van der Waals surface area contributed by atoms with Crippen LogP contribution in [0.3, 0.4) is 0 Å². The third-order valence-corrected chi connectivity index (χ3v) is 5.76. The second kappa shape index (κ2) is 6.60. The van der Waals surface area contributed by atoms with Crippen molar-refractivity contribution in [2.24, 2.45) is 0 Å². The molecule has 1 unspecified atom stereocenters. The largest absolute Gasteiger partial charge is 0.380 e. The first-order valence-corrected chi connectivity index (χ1v) is 9.54. The maximum atomic E-state index is 12.4. The lowest BCUT2D eigenvalue weighted by Crippen LogP contribution is -2.21. The van der Waals surface area contributed by atoms with Crippen LogP contribution in [0, 0.1) is 6.92 Å². The summed E-state index contributed by atoms with van der Waals surface area (Å²) in [6.45, 7) is 1.92. The number of nitrogens with one attached hydrogen (secondary N) is 2. The fourth-order valence-corrected chi connectivity index (χ4v) is 4.37. The molecule has 1 fully saturated rings. The van der Waals surface area contributed by atoms with Crippen LogP contribution in [-0.2, 0) is 9.84 Å². The van der Waals surface area contributed by atoms with Crippen molar-refractivity contribution >= 4 is 27.1 Å². The average Bonchev–Trinajstić information content (AvgIpc) is 2.88. The summed E-state index contributed by atoms with van der Waals surface area (Å²) in [5.41, 5.74) is 2.80. The van der Waals surface area contributed by atoms with Crippen LogP contribution in [0.2, 0.25) is 0 Å². The summed E-state index contributed by atoms with van der Waals surface area (Å²) in [6.07, 6.45) is 3.65. The van der Waals surface area contributed by atoms with Gasteiger partial charge in [0.1, 0.15) is 0 Å². The van der Waals surface area contributed by atoms with Crippen molar-refractivity contribution in [3.63, 3.8) is 0 Å². The lowest BCUT2D eigenvalue weighted by molar-refractivity contribution is 0.102. The van der Waals surface area contributed by atoms with Gasteiger partial charge in [-0.2, -0.15) is 0 Å². The van der Waals surface area contributed by atoms with E-state index in [0.717, 1.165) is 11.3 Å². The van der Waals surface area contributed by atoms with Gasteiger partial charge in [-0.1, -0.05) is 18.2 Å². The van der Waals surface area contributed by atoms with Gasteiger partial charge in [-0.3, -0.25) is 9.78 Å². The molecule has 0 spiro atoms. The van der Waals surface area contributed by atoms with E-state index in [1.165, 1.54) is 6.20 Å². The van der Waals surface area contributed by atoms with Crippen LogP contribution in [0.25, 0.3) is 0 Å². The lowest BCUT2D eigenvalue weighted by Gasteiger charge is -2.13. The van der Waals surface area contributed by atoms with E-state index in [9.17, 15) is 13.2 Å². The van der Waals surface area contributed by atoms with Crippen LogP contribution >= 0.6 is 0 Å². The summed E-state index contributed by atoms with van der Waals surface area (Å²) in [5.74, 6) is 0.0672. The predicted octanol–water partition coefficient (Wildman–Crippen LogP) is 2.24. The lowest BCUT2D eigenvalue weighted by atomic mass is 10.2. The number of amides is 1. The number of hydrogen-bond donors (Lipinski definition) is 2. The van der Waals surface area contributed by atoms with Gasteiger partial charge < -0.3 is 10.6 Å². The van der Waals surface area contributed by atoms with Crippen molar-refractivity contribution in [1.29, 1.82) is 0 Å². The molecule has 1 saturated heterocycles. The number of aromatic nitrogens is 1. The van der Waals surface area contributed by atoms with Gasteiger partial charge >= 0.3 is 0 Å². The van der Waals surface area contributed by atoms with Crippen LogP contribution < -0.4 is 10.6 Å². The minimum atomic E-state index is -2.95. The van der Waals surface area contributed by atoms with E-state index in [1.807, 2.05) is 31.2 Å². The molecule has 24 heavy (non-hydrogen) atoms. The fourth-order valence-electron chi connectivity index (χ4n) is 2.70. The Morgan fingerprint density at radius 3 is 2.75 bits per heavy atom. The molecule has 0 bridgehead atoms. The molecule has 3 rings (SSSR count). The zero-order valence-electron chi connectivity index (χ0n) is 13.3. The molecule has 1 aromatic heterocycles. The summed E-state index contributed by atoms with van der Waals surface area (Å²) >= 11 is 0. The normalized spacial score (nSPS) is 19.0. The van der Waals surface area contributed by atoms with Crippen molar-refractivity contribution in [2.75, 3.05) is 22.1 Å². The monoisotopic (exact) mass is 345 g/mol. The first kappa shape index (κ1) is 16.4. The molecule has 0 radical (unpaired) electrons. The van der Waals surface area contributed by atoms with E-state index < -0.39 is 9.84 Å². The standard InChI is InChI=1S/C17H19N3O3S/c1-12-4-2-3-5-16(12)20-17(21)13-8-15(10-18-9-13)19-14-6-7-24(22,23)11-14/h2-5,8-10,14,19H,6-7,11H2,1H3,(H,20,21). The Labute approximate surface area is 141 Å². The Morgan fingerprint density at radius 2 is 2.04 bits per heavy atom. The molecule has 1 aromatic carbocycles. The van der Waals surface area contributed by atoms with Crippen LogP contribution in [0.1, 0.15) is 22.3 Å². The van der Waals surface area contributed by atoms with E-state index in [4.69, 9.17) is 0 Å². The number of sulfone groups is 1. The molecular weight excluding hydrogens is 326 g/mol. The minimum Gasteiger partial charge on any atom is -0.380 e. The highest BCUT2D eigenvalue weighted by molar-refractivity contribution is 7.91. The molecule has 0 aliphatic carbocycles. The topological polar surface area (TPSA) is 88.2 Å². The molecule has 1 aliphatic rings. The number of hydrogen-bond acceptors (Lipinski definition) is 5. The zero-order chi connectivity index (χ0) is 17.2. The number of benzene rings is 1. The van der Waals surface area contributed by atoms with Gasteiger partial charge in [-0.05, 0) is 31.0 Å². The maximum Gasteiger partial charge on any atom is 0.257 e. The first-order valence-electron chi connectivity index (χ1n) is 7.72. The molecule has 2 heterocycles. The highest BCUT2D eigenvalue weighted by atomic mass is 32.2. The molecule has 126 valence electrons. The van der Waals surface area contributed by atoms with E-state index >= 15 is 0 Å². The number of carbonyl (C=O) groups excluding carboxylic acids is 1. The number of anilines is 2. The quantitative estimate of drug-likeness (QED) is 0.887. The van der Waals surface area contributed by atoms with Gasteiger partial charge in [-0.15, -0.1) is 0 Å². The van der Waals surface area contributed by atoms with Gasteiger partial charge in [0.25, 0.3) is 5.91 Å². The van der Waals surface area contributed by atoms with Crippen molar-refractivity contribution in [3.8, 4) is 0 Å². The number of nitrogens with zero attached hydrogens (tertiary/aromatic N) is 1. The highest BCUT2D eigenvalue weighted by Crippen LogP contribution is 2.19. The molecule has 1 amide bonds. The molecule has 2 N–H and O–H groups in total. The van der Waals surface area contributed by atoms with Crippen molar-refractivity contribution in [3.05, 3.63) is 53.9 Å². The third kappa shape index (κ3) is 3.91. The van der Waals surface area contributed by atoms with Crippen molar-refractivity contribution in [1.82, 2.24) is 4.98 Å². The zero-order valence-corrected chi connectivity index (χ0v) is 14.1. The smallest absolute Gasteiger partial charge is 0.257 e. The van der Waals surface area contributed by atoms with Gasteiger partial charge in [0.15, 0.2) is 9.84 Å². The van der Waals surface area contributed by atoms with Crippen LogP contribution in [-0.4, -0.2) is 36.9 Å². The molecule has 6 nitrogen and oxygen atoms in total. The maximum absolute atomic E-state index is 12.4. The van der Waals surface area contributed by atoms with Crippen LogP contribution in [0.5, 0.6) is 0 Å².